The third-order valence-corrected chi connectivity index (χ3v) is 6.76. The second-order valence-corrected chi connectivity index (χ2v) is 9.46. The number of allylic oxidation sites excluding steroid dienone is 4. The third-order valence-electron chi connectivity index (χ3n) is 6.76. The normalized spacial score (nSPS) is 14.9. The topological polar surface area (TPSA) is 46.5 Å². The van der Waals surface area contributed by atoms with Gasteiger partial charge in [0, 0.05) is 39.1 Å². The number of rotatable bonds is 13. The molecule has 0 atom stereocenters. The van der Waals surface area contributed by atoms with Gasteiger partial charge in [0.2, 0.25) is 6.79 Å². The maximum Gasteiger partial charge on any atom is 0.231 e. The Balaban J connectivity index is 1.65. The molecule has 1 aliphatic heterocycles. The number of fused-ring (bicyclic) bond motifs is 1. The van der Waals surface area contributed by atoms with Crippen LogP contribution in [0.5, 0.6) is 11.5 Å². The monoisotopic (exact) mass is 513 g/mol. The van der Waals surface area contributed by atoms with Gasteiger partial charge in [-0.3, -0.25) is 9.91 Å². The van der Waals surface area contributed by atoms with Gasteiger partial charge in [-0.15, -0.1) is 0 Å². The molecule has 200 valence electrons. The van der Waals surface area contributed by atoms with E-state index in [1.807, 2.05) is 25.0 Å². The Morgan fingerprint density at radius 2 is 1.84 bits per heavy atom. The Hall–Kier alpha value is -3.77. The van der Waals surface area contributed by atoms with Crippen LogP contribution in [0.3, 0.4) is 0 Å². The molecule has 4 rings (SSSR count). The molecule has 2 aromatic carbocycles. The summed E-state index contributed by atoms with van der Waals surface area (Å²) in [6.45, 7) is 11.2. The van der Waals surface area contributed by atoms with Gasteiger partial charge in [-0.25, -0.2) is 0 Å². The number of ether oxygens (including phenoxy) is 3. The molecule has 0 bridgehead atoms. The molecule has 6 nitrogen and oxygen atoms in total. The zero-order valence-corrected chi connectivity index (χ0v) is 22.9. The molecular formula is C32H39N3O3. The van der Waals surface area contributed by atoms with Crippen LogP contribution < -0.4 is 9.47 Å². The molecule has 0 saturated carbocycles. The van der Waals surface area contributed by atoms with E-state index in [0.717, 1.165) is 56.2 Å². The minimum Gasteiger partial charge on any atom is -0.494 e. The number of hydrogen-bond acceptors (Lipinski definition) is 6. The lowest BCUT2D eigenvalue weighted by atomic mass is 10.00. The summed E-state index contributed by atoms with van der Waals surface area (Å²) >= 11 is 0. The van der Waals surface area contributed by atoms with E-state index in [0.29, 0.717) is 6.61 Å². The summed E-state index contributed by atoms with van der Waals surface area (Å²) < 4.78 is 17.0. The predicted molar refractivity (Wildman–Crippen MR) is 154 cm³/mol. The fourth-order valence-electron chi connectivity index (χ4n) is 4.80. The maximum absolute atomic E-state index is 5.85. The molecule has 2 aliphatic rings. The van der Waals surface area contributed by atoms with Crippen LogP contribution in [-0.4, -0.2) is 50.2 Å². The van der Waals surface area contributed by atoms with Crippen molar-refractivity contribution in [1.29, 1.82) is 0 Å². The molecule has 0 N–H and O–H groups in total. The largest absolute Gasteiger partial charge is 0.494 e. The molecule has 38 heavy (non-hydrogen) atoms. The number of likely N-dealkylation sites (N-methyl/N-ethyl adjacent to an activating group) is 1. The summed E-state index contributed by atoms with van der Waals surface area (Å²) in [5.74, 6) is 2.51. The molecule has 2 aromatic rings. The van der Waals surface area contributed by atoms with E-state index >= 15 is 0 Å². The number of nitrogens with zero attached hydrogens (tertiary/aromatic N) is 3. The van der Waals surface area contributed by atoms with Crippen LogP contribution in [0.25, 0.3) is 0 Å². The molecule has 6 heteroatoms. The smallest absolute Gasteiger partial charge is 0.231 e. The van der Waals surface area contributed by atoms with Crippen LogP contribution in [0.1, 0.15) is 37.8 Å². The van der Waals surface area contributed by atoms with Gasteiger partial charge in [-0.2, -0.15) is 5.10 Å². The Morgan fingerprint density at radius 1 is 1.03 bits per heavy atom. The standard InChI is InChI=1S/C32H39N3O3/c1-5-28(18-25-12-8-7-9-13-25)30(34(4)33-3)23-35(21-26-14-10-11-15-29(19-26)36-6-2)22-27-16-17-31-32(20-27)38-24-37-31/h7-9,11-17,19-20H,3,5-6,10,18,21-24H2,1-2,4H3/b30-28-. The fourth-order valence-corrected chi connectivity index (χ4v) is 4.80. The average molecular weight is 514 g/mol. The number of hydrazone groups is 1. The summed E-state index contributed by atoms with van der Waals surface area (Å²) in [6, 6.07) is 16.8. The molecule has 0 spiro atoms. The van der Waals surface area contributed by atoms with Gasteiger partial charge < -0.3 is 14.2 Å². The molecule has 0 radical (unpaired) electrons. The molecule has 0 saturated heterocycles. The minimum atomic E-state index is 0.273. The molecule has 0 unspecified atom stereocenters. The van der Waals surface area contributed by atoms with Crippen LogP contribution in [0.15, 0.2) is 101 Å². The summed E-state index contributed by atoms with van der Waals surface area (Å²) in [5.41, 5.74) is 6.22. The lowest BCUT2D eigenvalue weighted by molar-refractivity contribution is 0.174. The molecule has 0 amide bonds. The summed E-state index contributed by atoms with van der Waals surface area (Å²) in [7, 11) is 1.99. The highest BCUT2D eigenvalue weighted by Gasteiger charge is 2.19. The second kappa shape index (κ2) is 13.7. The first-order chi connectivity index (χ1) is 18.6. The Morgan fingerprint density at radius 3 is 2.61 bits per heavy atom. The quantitative estimate of drug-likeness (QED) is 0.227. The zero-order valence-electron chi connectivity index (χ0n) is 22.9. The van der Waals surface area contributed by atoms with Gasteiger partial charge in [0.25, 0.3) is 0 Å². The Bertz CT molecular complexity index is 1210. The zero-order chi connectivity index (χ0) is 26.7. The van der Waals surface area contributed by atoms with E-state index in [1.54, 1.807) is 0 Å². The first-order valence-corrected chi connectivity index (χ1v) is 13.4. The average Bonchev–Trinajstić information content (AvgIpc) is 3.29. The highest BCUT2D eigenvalue weighted by Crippen LogP contribution is 2.33. The van der Waals surface area contributed by atoms with Crippen molar-refractivity contribution in [2.45, 2.75) is 39.7 Å². The van der Waals surface area contributed by atoms with Crippen LogP contribution in [0.2, 0.25) is 0 Å². The van der Waals surface area contributed by atoms with Crippen molar-refractivity contribution < 1.29 is 14.2 Å². The third kappa shape index (κ3) is 7.39. The summed E-state index contributed by atoms with van der Waals surface area (Å²) in [4.78, 5) is 2.45. The summed E-state index contributed by atoms with van der Waals surface area (Å²) in [5, 5.41) is 6.24. The van der Waals surface area contributed by atoms with Gasteiger partial charge in [0.15, 0.2) is 11.5 Å². The second-order valence-electron chi connectivity index (χ2n) is 9.46. The van der Waals surface area contributed by atoms with Crippen molar-refractivity contribution in [3.63, 3.8) is 0 Å². The Labute approximate surface area is 227 Å². The molecule has 1 heterocycles. The van der Waals surface area contributed by atoms with E-state index in [1.165, 1.54) is 28.0 Å². The van der Waals surface area contributed by atoms with E-state index in [-0.39, 0.29) is 6.79 Å². The van der Waals surface area contributed by atoms with Gasteiger partial charge in [-0.05, 0) is 72.7 Å². The van der Waals surface area contributed by atoms with Gasteiger partial charge in [0.05, 0.1) is 6.61 Å². The van der Waals surface area contributed by atoms with Crippen molar-refractivity contribution in [3.05, 3.63) is 107 Å². The van der Waals surface area contributed by atoms with Crippen molar-refractivity contribution >= 4 is 6.72 Å². The minimum absolute atomic E-state index is 0.273. The molecule has 0 fully saturated rings. The van der Waals surface area contributed by atoms with E-state index in [4.69, 9.17) is 14.2 Å². The number of benzene rings is 2. The van der Waals surface area contributed by atoms with Crippen LogP contribution in [0, 0.1) is 0 Å². The number of hydrogen-bond donors (Lipinski definition) is 0. The Kier molecular flexibility index (Phi) is 9.82. The molecular weight excluding hydrogens is 474 g/mol. The predicted octanol–water partition coefficient (Wildman–Crippen LogP) is 6.48. The maximum atomic E-state index is 5.85. The van der Waals surface area contributed by atoms with Crippen LogP contribution in [-0.2, 0) is 17.7 Å². The first kappa shape index (κ1) is 27.3. The van der Waals surface area contributed by atoms with E-state index in [9.17, 15) is 0 Å². The van der Waals surface area contributed by atoms with E-state index < -0.39 is 0 Å². The van der Waals surface area contributed by atoms with Gasteiger partial charge in [-0.1, -0.05) is 55.5 Å². The van der Waals surface area contributed by atoms with Crippen molar-refractivity contribution in [3.8, 4) is 11.5 Å². The molecule has 0 aromatic heterocycles. The summed E-state index contributed by atoms with van der Waals surface area (Å²) in [6.07, 6.45) is 11.3. The highest BCUT2D eigenvalue weighted by atomic mass is 16.7. The SMILES string of the molecule is C=NN(C)/C(CN(CC1=CCC=CC(OCC)=C1)Cc1ccc2c(c1)OCO2)=C(/CC)Cc1ccccc1. The van der Waals surface area contributed by atoms with Crippen molar-refractivity contribution in [2.75, 3.05) is 33.5 Å². The lowest BCUT2D eigenvalue weighted by Gasteiger charge is -2.29. The lowest BCUT2D eigenvalue weighted by Crippen LogP contribution is -2.32. The highest BCUT2D eigenvalue weighted by molar-refractivity contribution is 5.44. The van der Waals surface area contributed by atoms with E-state index in [2.05, 4.69) is 90.4 Å². The van der Waals surface area contributed by atoms with Crippen LogP contribution in [0.4, 0.5) is 0 Å². The van der Waals surface area contributed by atoms with Crippen molar-refractivity contribution in [2.24, 2.45) is 5.10 Å². The van der Waals surface area contributed by atoms with Crippen LogP contribution >= 0.6 is 0 Å². The first-order valence-electron chi connectivity index (χ1n) is 13.4. The van der Waals surface area contributed by atoms with Gasteiger partial charge >= 0.3 is 0 Å². The van der Waals surface area contributed by atoms with Crippen molar-refractivity contribution in [1.82, 2.24) is 9.91 Å². The van der Waals surface area contributed by atoms with Gasteiger partial charge in [0.1, 0.15) is 5.76 Å². The fraction of sp³-hybridized carbons (Fsp3) is 0.344. The molecule has 1 aliphatic carbocycles.